The molecular weight excluding hydrogens is 503 g/mol. The lowest BCUT2D eigenvalue weighted by atomic mass is 9.94. The molecule has 2 aromatic heterocycles. The summed E-state index contributed by atoms with van der Waals surface area (Å²) in [5.41, 5.74) is 1.69. The first-order valence-corrected chi connectivity index (χ1v) is 13.1. The fourth-order valence-corrected chi connectivity index (χ4v) is 5.76. The maximum Gasteiger partial charge on any atom is 0.416 e. The van der Waals surface area contributed by atoms with Gasteiger partial charge in [-0.15, -0.1) is 11.3 Å². The van der Waals surface area contributed by atoms with E-state index >= 15 is 0 Å². The summed E-state index contributed by atoms with van der Waals surface area (Å²) < 4.78 is 48.2. The molecule has 0 saturated carbocycles. The number of aromatic nitrogens is 1. The number of amides is 1. The molecule has 0 aliphatic carbocycles. The van der Waals surface area contributed by atoms with Gasteiger partial charge in [0.2, 0.25) is 0 Å². The Hall–Kier alpha value is -2.85. The number of likely N-dealkylation sites (tertiary alicyclic amines) is 1. The van der Waals surface area contributed by atoms with Gasteiger partial charge in [-0.1, -0.05) is 6.92 Å². The number of anilines is 1. The Morgan fingerprint density at radius 1 is 1.24 bits per heavy atom. The summed E-state index contributed by atoms with van der Waals surface area (Å²) in [6, 6.07) is 5.83. The fraction of sp³-hybridized carbons (Fsp3) is 0.481. The molecule has 0 spiro atoms. The van der Waals surface area contributed by atoms with Gasteiger partial charge >= 0.3 is 12.3 Å². The van der Waals surface area contributed by atoms with E-state index in [1.165, 1.54) is 23.5 Å². The molecule has 0 bridgehead atoms. The van der Waals surface area contributed by atoms with Crippen molar-refractivity contribution in [3.05, 3.63) is 46.5 Å². The fourth-order valence-electron chi connectivity index (χ4n) is 4.76. The van der Waals surface area contributed by atoms with Crippen molar-refractivity contribution in [2.24, 2.45) is 0 Å². The number of nitrogens with zero attached hydrogens (tertiary/aromatic N) is 3. The molecule has 10 heteroatoms. The minimum absolute atomic E-state index is 0.0954. The Kier molecular flexibility index (Phi) is 7.45. The third-order valence-corrected chi connectivity index (χ3v) is 7.66. The van der Waals surface area contributed by atoms with Gasteiger partial charge < -0.3 is 19.6 Å². The van der Waals surface area contributed by atoms with E-state index in [1.807, 2.05) is 39.6 Å². The van der Waals surface area contributed by atoms with Crippen LogP contribution in [0.5, 0.6) is 0 Å². The summed E-state index contributed by atoms with van der Waals surface area (Å²) in [7, 11) is 1.88. The van der Waals surface area contributed by atoms with Crippen LogP contribution in [0.4, 0.5) is 23.7 Å². The number of alkyl halides is 3. The van der Waals surface area contributed by atoms with Crippen LogP contribution < -0.4 is 4.90 Å². The SMILES string of the molecule is CCc1cc(C(F)(F)F)cc(-c2ccnc3cc(CO)sc23)c1N(C)[C@H]1CCN(C(=O)OC(C)(C)C)C1. The molecule has 1 aromatic carbocycles. The lowest BCUT2D eigenvalue weighted by Gasteiger charge is -2.32. The van der Waals surface area contributed by atoms with Gasteiger partial charge in [-0.2, -0.15) is 13.2 Å². The van der Waals surface area contributed by atoms with Gasteiger partial charge in [-0.25, -0.2) is 4.79 Å². The van der Waals surface area contributed by atoms with Crippen molar-refractivity contribution >= 4 is 33.3 Å². The predicted octanol–water partition coefficient (Wildman–Crippen LogP) is 6.48. The van der Waals surface area contributed by atoms with Gasteiger partial charge in [-0.3, -0.25) is 4.98 Å². The highest BCUT2D eigenvalue weighted by molar-refractivity contribution is 7.19. The average molecular weight is 536 g/mol. The molecule has 1 N–H and O–H groups in total. The van der Waals surface area contributed by atoms with Gasteiger partial charge in [0, 0.05) is 54.1 Å². The zero-order valence-electron chi connectivity index (χ0n) is 21.6. The molecule has 0 radical (unpaired) electrons. The van der Waals surface area contributed by atoms with E-state index in [1.54, 1.807) is 23.2 Å². The number of fused-ring (bicyclic) bond motifs is 1. The number of hydrogen-bond donors (Lipinski definition) is 1. The van der Waals surface area contributed by atoms with E-state index < -0.39 is 23.4 Å². The van der Waals surface area contributed by atoms with Gasteiger partial charge in [0.05, 0.1) is 22.4 Å². The smallest absolute Gasteiger partial charge is 0.416 e. The maximum atomic E-state index is 14.0. The van der Waals surface area contributed by atoms with Crippen LogP contribution in [0, 0.1) is 0 Å². The largest absolute Gasteiger partial charge is 0.444 e. The van der Waals surface area contributed by atoms with Crippen molar-refractivity contribution in [3.63, 3.8) is 0 Å². The Balaban J connectivity index is 1.81. The monoisotopic (exact) mass is 535 g/mol. The molecule has 1 atom stereocenters. The molecule has 6 nitrogen and oxygen atoms in total. The first-order valence-electron chi connectivity index (χ1n) is 12.3. The number of aryl methyl sites for hydroxylation is 1. The lowest BCUT2D eigenvalue weighted by molar-refractivity contribution is -0.137. The highest BCUT2D eigenvalue weighted by Gasteiger charge is 2.36. The highest BCUT2D eigenvalue weighted by Crippen LogP contribution is 2.44. The van der Waals surface area contributed by atoms with Crippen molar-refractivity contribution in [1.29, 1.82) is 0 Å². The number of benzene rings is 1. The molecule has 0 unspecified atom stereocenters. The summed E-state index contributed by atoms with van der Waals surface area (Å²) in [5, 5.41) is 9.64. The van der Waals surface area contributed by atoms with Crippen molar-refractivity contribution < 1.29 is 27.8 Å². The van der Waals surface area contributed by atoms with E-state index in [4.69, 9.17) is 4.74 Å². The van der Waals surface area contributed by atoms with Gasteiger partial charge in [0.25, 0.3) is 0 Å². The molecule has 200 valence electrons. The Morgan fingerprint density at radius 3 is 2.59 bits per heavy atom. The van der Waals surface area contributed by atoms with Crippen molar-refractivity contribution in [3.8, 4) is 11.1 Å². The number of hydrogen-bond acceptors (Lipinski definition) is 6. The van der Waals surface area contributed by atoms with Crippen LogP contribution in [0.1, 0.15) is 50.1 Å². The number of aliphatic hydroxyl groups is 1. The molecule has 1 saturated heterocycles. The van der Waals surface area contributed by atoms with Crippen molar-refractivity contribution in [2.45, 2.75) is 65.0 Å². The molecule has 3 aromatic rings. The van der Waals surface area contributed by atoms with Crippen LogP contribution in [-0.2, 0) is 23.9 Å². The molecule has 4 rings (SSSR count). The zero-order chi connectivity index (χ0) is 27.1. The number of halogens is 3. The number of thiophene rings is 1. The maximum absolute atomic E-state index is 14.0. The summed E-state index contributed by atoms with van der Waals surface area (Å²) in [6.45, 7) is 8.03. The Morgan fingerprint density at radius 2 is 1.97 bits per heavy atom. The second kappa shape index (κ2) is 10.1. The second-order valence-corrected chi connectivity index (χ2v) is 11.4. The Bertz CT molecular complexity index is 1300. The zero-order valence-corrected chi connectivity index (χ0v) is 22.5. The topological polar surface area (TPSA) is 65.9 Å². The normalized spacial score (nSPS) is 16.5. The molecular formula is C27H32F3N3O3S. The van der Waals surface area contributed by atoms with E-state index in [-0.39, 0.29) is 12.6 Å². The molecule has 1 aliphatic rings. The number of pyridine rings is 1. The van der Waals surface area contributed by atoms with Crippen LogP contribution in [0.2, 0.25) is 0 Å². The minimum atomic E-state index is -4.51. The van der Waals surface area contributed by atoms with Gasteiger partial charge in [0.1, 0.15) is 5.60 Å². The summed E-state index contributed by atoms with van der Waals surface area (Å²) >= 11 is 1.33. The van der Waals surface area contributed by atoms with E-state index in [9.17, 15) is 23.1 Å². The number of ether oxygens (including phenoxy) is 1. The third kappa shape index (κ3) is 5.70. The molecule has 1 aliphatic heterocycles. The third-order valence-electron chi connectivity index (χ3n) is 6.52. The molecule has 37 heavy (non-hydrogen) atoms. The van der Waals surface area contributed by atoms with Crippen LogP contribution in [0.3, 0.4) is 0 Å². The minimum Gasteiger partial charge on any atom is -0.444 e. The van der Waals surface area contributed by atoms with Crippen LogP contribution in [-0.4, -0.2) is 52.9 Å². The second-order valence-electron chi connectivity index (χ2n) is 10.3. The van der Waals surface area contributed by atoms with E-state index in [2.05, 4.69) is 4.98 Å². The number of carbonyl (C=O) groups is 1. The average Bonchev–Trinajstić information content (AvgIpc) is 3.48. The van der Waals surface area contributed by atoms with Crippen LogP contribution >= 0.6 is 11.3 Å². The Labute approximate surface area is 218 Å². The van der Waals surface area contributed by atoms with Gasteiger partial charge in [0.15, 0.2) is 0 Å². The van der Waals surface area contributed by atoms with E-state index in [0.717, 1.165) is 4.70 Å². The van der Waals surface area contributed by atoms with Gasteiger partial charge in [-0.05, 0) is 63.4 Å². The summed E-state index contributed by atoms with van der Waals surface area (Å²) in [5.74, 6) is 0. The molecule has 1 fully saturated rings. The van der Waals surface area contributed by atoms with Crippen LogP contribution in [0.25, 0.3) is 21.3 Å². The number of carbonyl (C=O) groups excluding carboxylic acids is 1. The van der Waals surface area contributed by atoms with E-state index in [0.29, 0.717) is 58.7 Å². The number of likely N-dealkylation sites (N-methyl/N-ethyl adjacent to an activating group) is 1. The van der Waals surface area contributed by atoms with Crippen LogP contribution in [0.15, 0.2) is 30.5 Å². The number of aliphatic hydroxyl groups excluding tert-OH is 1. The molecule has 1 amide bonds. The molecule has 3 heterocycles. The quantitative estimate of drug-likeness (QED) is 0.405. The first-order chi connectivity index (χ1) is 17.3. The summed E-state index contributed by atoms with van der Waals surface area (Å²) in [4.78, 5) is 21.4. The number of rotatable bonds is 5. The van der Waals surface area contributed by atoms with Crippen molar-refractivity contribution in [1.82, 2.24) is 9.88 Å². The highest BCUT2D eigenvalue weighted by atomic mass is 32.1. The standard InChI is InChI=1S/C27H32F3N3O3S/c1-6-16-11-17(27(28,29)30)12-21(20-7-9-31-22-13-19(15-34)37-24(20)22)23(16)32(5)18-8-10-33(14-18)25(35)36-26(2,3)4/h7,9,11-13,18,34H,6,8,10,14-15H2,1-5H3/t18-/m0/s1. The van der Waals surface area contributed by atoms with Crippen molar-refractivity contribution in [2.75, 3.05) is 25.0 Å². The summed E-state index contributed by atoms with van der Waals surface area (Å²) in [6.07, 6.45) is -2.24. The lowest BCUT2D eigenvalue weighted by Crippen LogP contribution is -2.39. The predicted molar refractivity (Wildman–Crippen MR) is 140 cm³/mol. The first kappa shape index (κ1) is 27.2.